The van der Waals surface area contributed by atoms with Crippen LogP contribution in [0.15, 0.2) is 17.1 Å². The second-order valence-electron chi connectivity index (χ2n) is 5.72. The van der Waals surface area contributed by atoms with Crippen LogP contribution < -0.4 is 22.1 Å². The van der Waals surface area contributed by atoms with Gasteiger partial charge in [0.05, 0.1) is 16.8 Å². The quantitative estimate of drug-likeness (QED) is 0.321. The topological polar surface area (TPSA) is 149 Å². The Hall–Kier alpha value is -4.13. The summed E-state index contributed by atoms with van der Waals surface area (Å²) in [4.78, 5) is 7.70. The molecule has 0 amide bonds. The van der Waals surface area contributed by atoms with Crippen LogP contribution in [0.3, 0.4) is 0 Å². The fourth-order valence-corrected chi connectivity index (χ4v) is 2.83. The zero-order chi connectivity index (χ0) is 21.5. The molecule has 1 aliphatic heterocycles. The van der Waals surface area contributed by atoms with Gasteiger partial charge in [-0.15, -0.1) is 0 Å². The molecule has 1 aliphatic rings. The molecular weight excluding hydrogens is 399 g/mol. The molecule has 2 heterocycles. The monoisotopic (exact) mass is 408 g/mol. The van der Waals surface area contributed by atoms with Gasteiger partial charge in [0.2, 0.25) is 5.96 Å². The normalized spacial score (nSPS) is 15.4. The number of nitriles is 2. The third-order valence-electron chi connectivity index (χ3n) is 4.06. The summed E-state index contributed by atoms with van der Waals surface area (Å²) in [7, 11) is 0. The molecule has 13 heteroatoms. The molecular formula is C16H9F5N8. The summed E-state index contributed by atoms with van der Waals surface area (Å²) in [5.74, 6) is -4.18. The molecule has 2 aromatic rings. The number of alkyl halides is 3. The van der Waals surface area contributed by atoms with Crippen molar-refractivity contribution in [2.75, 3.05) is 16.8 Å². The van der Waals surface area contributed by atoms with Crippen molar-refractivity contribution >= 4 is 23.3 Å². The zero-order valence-corrected chi connectivity index (χ0v) is 14.1. The summed E-state index contributed by atoms with van der Waals surface area (Å²) in [6.45, 7) is 0. The summed E-state index contributed by atoms with van der Waals surface area (Å²) >= 11 is 0. The van der Waals surface area contributed by atoms with Gasteiger partial charge in [-0.3, -0.25) is 5.32 Å². The van der Waals surface area contributed by atoms with Gasteiger partial charge in [0.15, 0.2) is 6.19 Å². The second kappa shape index (κ2) is 6.79. The highest BCUT2D eigenvalue weighted by atomic mass is 19.4. The number of benzene rings is 1. The number of anilines is 3. The van der Waals surface area contributed by atoms with Gasteiger partial charge in [0.25, 0.3) is 0 Å². The SMILES string of the molecule is N#CNC1=NC(c2c(F)ccc(C(F)(F)F)c2F)c2c(nc(N)c(C#N)c2N)N1. The highest BCUT2D eigenvalue weighted by molar-refractivity contribution is 5.98. The van der Waals surface area contributed by atoms with Crippen LogP contribution >= 0.6 is 0 Å². The maximum Gasteiger partial charge on any atom is 0.419 e. The van der Waals surface area contributed by atoms with Crippen molar-refractivity contribution in [3.8, 4) is 12.3 Å². The van der Waals surface area contributed by atoms with E-state index in [9.17, 15) is 27.2 Å². The Morgan fingerprint density at radius 3 is 2.41 bits per heavy atom. The van der Waals surface area contributed by atoms with Crippen molar-refractivity contribution < 1.29 is 22.0 Å². The van der Waals surface area contributed by atoms with Crippen LogP contribution in [0, 0.1) is 34.4 Å². The van der Waals surface area contributed by atoms with E-state index in [4.69, 9.17) is 16.7 Å². The molecule has 1 aromatic carbocycles. The number of hydrogen-bond acceptors (Lipinski definition) is 8. The molecule has 0 saturated carbocycles. The molecule has 0 radical (unpaired) electrons. The standard InChI is InChI=1S/C16H9F5N8/c17-7-2-1-6(16(19,20)21)10(18)8(7)12-9-11(24)5(3-22)13(25)28-14(9)29-15(27-12)26-4-23/h1-2,12H,(H6,24,25,26,27,28,29). The van der Waals surface area contributed by atoms with E-state index in [2.05, 4.69) is 20.6 Å². The number of rotatable bonds is 1. The summed E-state index contributed by atoms with van der Waals surface area (Å²) in [5, 5.41) is 22.5. The lowest BCUT2D eigenvalue weighted by molar-refractivity contribution is -0.140. The minimum Gasteiger partial charge on any atom is -0.397 e. The zero-order valence-electron chi connectivity index (χ0n) is 14.1. The molecule has 29 heavy (non-hydrogen) atoms. The lowest BCUT2D eigenvalue weighted by Gasteiger charge is -2.27. The van der Waals surface area contributed by atoms with Crippen LogP contribution in [0.5, 0.6) is 0 Å². The van der Waals surface area contributed by atoms with Crippen LogP contribution in [0.25, 0.3) is 0 Å². The molecule has 6 N–H and O–H groups in total. The number of nitrogens with zero attached hydrogens (tertiary/aromatic N) is 4. The van der Waals surface area contributed by atoms with E-state index >= 15 is 0 Å². The number of halogens is 5. The van der Waals surface area contributed by atoms with Gasteiger partial charge in [0, 0.05) is 5.56 Å². The predicted molar refractivity (Wildman–Crippen MR) is 90.8 cm³/mol. The fraction of sp³-hybridized carbons (Fsp3) is 0.125. The number of guanidine groups is 1. The fourth-order valence-electron chi connectivity index (χ4n) is 2.83. The third-order valence-corrected chi connectivity index (χ3v) is 4.06. The van der Waals surface area contributed by atoms with Gasteiger partial charge in [-0.2, -0.15) is 23.7 Å². The van der Waals surface area contributed by atoms with E-state index in [1.165, 1.54) is 6.19 Å². The highest BCUT2D eigenvalue weighted by Gasteiger charge is 2.39. The summed E-state index contributed by atoms with van der Waals surface area (Å²) < 4.78 is 68.5. The molecule has 0 spiro atoms. The lowest BCUT2D eigenvalue weighted by Crippen LogP contribution is -2.33. The van der Waals surface area contributed by atoms with Gasteiger partial charge in [-0.1, -0.05) is 0 Å². The molecule has 0 fully saturated rings. The maximum atomic E-state index is 14.7. The number of aliphatic imine (C=N–C) groups is 1. The van der Waals surface area contributed by atoms with Crippen LogP contribution in [-0.4, -0.2) is 10.9 Å². The van der Waals surface area contributed by atoms with E-state index in [0.717, 1.165) is 0 Å². The van der Waals surface area contributed by atoms with Crippen LogP contribution in [0.4, 0.5) is 39.3 Å². The number of pyridine rings is 1. The van der Waals surface area contributed by atoms with Crippen molar-refractivity contribution in [3.63, 3.8) is 0 Å². The molecule has 148 valence electrons. The molecule has 3 rings (SSSR count). The first-order valence-corrected chi connectivity index (χ1v) is 7.64. The predicted octanol–water partition coefficient (Wildman–Crippen LogP) is 2.36. The largest absolute Gasteiger partial charge is 0.419 e. The molecule has 1 atom stereocenters. The van der Waals surface area contributed by atoms with Crippen molar-refractivity contribution in [1.29, 1.82) is 10.5 Å². The van der Waals surface area contributed by atoms with Crippen LogP contribution in [0.2, 0.25) is 0 Å². The summed E-state index contributed by atoms with van der Waals surface area (Å²) in [5.41, 5.74) is 7.73. The first kappa shape index (κ1) is 19.6. The molecule has 1 aromatic heterocycles. The van der Waals surface area contributed by atoms with E-state index < -0.39 is 35.0 Å². The Labute approximate surface area is 159 Å². The average Bonchev–Trinajstić information content (AvgIpc) is 2.60. The van der Waals surface area contributed by atoms with Crippen LogP contribution in [0.1, 0.15) is 28.3 Å². The Kier molecular flexibility index (Phi) is 4.60. The third kappa shape index (κ3) is 3.19. The van der Waals surface area contributed by atoms with Gasteiger partial charge in [-0.25, -0.2) is 18.8 Å². The molecule has 0 saturated heterocycles. The number of nitrogens with two attached hydrogens (primary N) is 2. The Morgan fingerprint density at radius 1 is 1.14 bits per heavy atom. The summed E-state index contributed by atoms with van der Waals surface area (Å²) in [6.07, 6.45) is -3.61. The van der Waals surface area contributed by atoms with E-state index in [1.54, 1.807) is 6.07 Å². The van der Waals surface area contributed by atoms with Crippen molar-refractivity contribution in [1.82, 2.24) is 10.3 Å². The van der Waals surface area contributed by atoms with Gasteiger partial charge in [0.1, 0.15) is 40.9 Å². The first-order valence-electron chi connectivity index (χ1n) is 7.64. The van der Waals surface area contributed by atoms with Crippen LogP contribution in [-0.2, 0) is 6.18 Å². The Balaban J connectivity index is 2.36. The minimum atomic E-state index is -5.11. The molecule has 0 bridgehead atoms. The Bertz CT molecular complexity index is 1130. The lowest BCUT2D eigenvalue weighted by atomic mass is 9.93. The second-order valence-corrected chi connectivity index (χ2v) is 5.72. The Morgan fingerprint density at radius 2 is 1.83 bits per heavy atom. The van der Waals surface area contributed by atoms with Crippen molar-refractivity contribution in [3.05, 3.63) is 46.0 Å². The number of aromatic nitrogens is 1. The van der Waals surface area contributed by atoms with Gasteiger partial charge < -0.3 is 16.8 Å². The number of fused-ring (bicyclic) bond motifs is 1. The van der Waals surface area contributed by atoms with Crippen molar-refractivity contribution in [2.45, 2.75) is 12.2 Å². The first-order chi connectivity index (χ1) is 13.6. The molecule has 8 nitrogen and oxygen atoms in total. The number of nitrogen functional groups attached to an aromatic ring is 2. The number of hydrogen-bond donors (Lipinski definition) is 4. The van der Waals surface area contributed by atoms with Gasteiger partial charge in [-0.05, 0) is 12.1 Å². The molecule has 1 unspecified atom stereocenters. The smallest absolute Gasteiger partial charge is 0.397 e. The maximum absolute atomic E-state index is 14.7. The highest BCUT2D eigenvalue weighted by Crippen LogP contribution is 2.44. The van der Waals surface area contributed by atoms with E-state index in [1.807, 2.05) is 0 Å². The van der Waals surface area contributed by atoms with E-state index in [-0.39, 0.29) is 40.5 Å². The average molecular weight is 408 g/mol. The minimum absolute atomic E-state index is 0.229. The van der Waals surface area contributed by atoms with Gasteiger partial charge >= 0.3 is 6.18 Å². The van der Waals surface area contributed by atoms with Crippen molar-refractivity contribution in [2.24, 2.45) is 4.99 Å². The molecule has 0 aliphatic carbocycles. The summed E-state index contributed by atoms with van der Waals surface area (Å²) in [6, 6.07) is 0.557. The van der Waals surface area contributed by atoms with E-state index in [0.29, 0.717) is 6.07 Å². The number of nitrogens with one attached hydrogen (secondary N) is 2.